The molecule has 0 saturated carbocycles. The molecule has 2 atom stereocenters. The molecule has 6 rings (SSSR count). The van der Waals surface area contributed by atoms with Crippen LogP contribution in [-0.2, 0) is 9.53 Å². The van der Waals surface area contributed by atoms with Crippen molar-refractivity contribution in [2.24, 2.45) is 0 Å². The first kappa shape index (κ1) is 33.3. The molecule has 0 radical (unpaired) electrons. The van der Waals surface area contributed by atoms with Gasteiger partial charge in [-0.3, -0.25) is 9.69 Å². The van der Waals surface area contributed by atoms with Crippen molar-refractivity contribution < 1.29 is 32.9 Å². The first-order chi connectivity index (χ1) is 23.2. The van der Waals surface area contributed by atoms with Gasteiger partial charge in [-0.1, -0.05) is 0 Å². The number of methoxy groups -OCH3 is 1. The number of likely N-dealkylation sites (tertiary alicyclic amines) is 1. The van der Waals surface area contributed by atoms with Crippen molar-refractivity contribution in [2.45, 2.75) is 50.5 Å². The number of ether oxygens (including phenoxy) is 3. The monoisotopic (exact) mass is 664 g/mol. The quantitative estimate of drug-likeness (QED) is 0.328. The largest absolute Gasteiger partial charge is 0.489 e. The van der Waals surface area contributed by atoms with E-state index in [1.54, 1.807) is 37.6 Å². The van der Waals surface area contributed by atoms with Crippen LogP contribution in [0.5, 0.6) is 11.6 Å². The molecule has 15 heteroatoms. The minimum atomic E-state index is -3.13. The number of rotatable bonds is 10. The van der Waals surface area contributed by atoms with Crippen LogP contribution in [0.1, 0.15) is 25.3 Å². The highest BCUT2D eigenvalue weighted by atomic mass is 19.3. The Morgan fingerprint density at radius 1 is 1.12 bits per heavy atom. The third kappa shape index (κ3) is 7.25. The lowest BCUT2D eigenvalue weighted by Gasteiger charge is -2.46. The summed E-state index contributed by atoms with van der Waals surface area (Å²) in [5.74, 6) is 0.714. The summed E-state index contributed by atoms with van der Waals surface area (Å²) in [7, 11) is 1.60. The van der Waals surface area contributed by atoms with Gasteiger partial charge in [-0.15, -0.1) is 0 Å². The Bertz CT molecular complexity index is 1650. The zero-order valence-corrected chi connectivity index (χ0v) is 26.8. The van der Waals surface area contributed by atoms with E-state index >= 15 is 0 Å². The smallest absolute Gasteiger partial charge is 0.273 e. The van der Waals surface area contributed by atoms with E-state index in [1.807, 2.05) is 12.1 Å². The summed E-state index contributed by atoms with van der Waals surface area (Å²) in [5, 5.41) is 22.4. The van der Waals surface area contributed by atoms with Crippen LogP contribution in [0.2, 0.25) is 0 Å². The number of nitrogens with one attached hydrogen (secondary N) is 1. The van der Waals surface area contributed by atoms with Gasteiger partial charge < -0.3 is 34.4 Å². The molecule has 254 valence electrons. The van der Waals surface area contributed by atoms with Crippen molar-refractivity contribution in [1.29, 1.82) is 5.26 Å². The maximum Gasteiger partial charge on any atom is 0.273 e. The Labute approximate surface area is 277 Å². The minimum absolute atomic E-state index is 0.167. The van der Waals surface area contributed by atoms with E-state index in [0.29, 0.717) is 59.1 Å². The third-order valence-corrected chi connectivity index (χ3v) is 8.97. The van der Waals surface area contributed by atoms with Crippen LogP contribution in [0.3, 0.4) is 0 Å². The van der Waals surface area contributed by atoms with E-state index in [0.717, 1.165) is 38.5 Å². The molecule has 13 nitrogen and oxygen atoms in total. The zero-order chi connectivity index (χ0) is 33.8. The predicted octanol–water partition coefficient (Wildman–Crippen LogP) is 3.07. The number of halogens is 2. The Morgan fingerprint density at radius 2 is 1.92 bits per heavy atom. The van der Waals surface area contributed by atoms with Gasteiger partial charge in [0, 0.05) is 63.4 Å². The molecular weight excluding hydrogens is 626 g/mol. The fourth-order valence-electron chi connectivity index (χ4n) is 6.22. The number of carbonyl (C=O) groups excluding carboxylic acids is 1. The van der Waals surface area contributed by atoms with Gasteiger partial charge in [-0.25, -0.2) is 18.7 Å². The first-order valence-corrected chi connectivity index (χ1v) is 15.9. The van der Waals surface area contributed by atoms with Crippen molar-refractivity contribution in [2.75, 3.05) is 63.3 Å². The summed E-state index contributed by atoms with van der Waals surface area (Å²) in [6, 6.07) is 13.7. The number of benzene rings is 1. The van der Waals surface area contributed by atoms with E-state index in [4.69, 9.17) is 14.2 Å². The molecule has 2 aromatic heterocycles. The standard InChI is InChI=1S/C33H38F2N8O5/c1-20-17-42(23-18-47-19-23)13-14-43(20)26-4-6-28(39-31(26)46-2)40-33-37-10-7-25(38-33)21-3-5-27(22(15-21)16-36)48-24-8-11-41(12-9-24)32(45)29(44)30(34)35/h3-7,10,15,20,23-24,29-30,44H,8-9,11-14,17-19H2,1-2H3,(H,37,38,39,40)/t20-,29+/m0/s1. The predicted molar refractivity (Wildman–Crippen MR) is 171 cm³/mol. The topological polar surface area (TPSA) is 149 Å². The number of alkyl halides is 2. The summed E-state index contributed by atoms with van der Waals surface area (Å²) in [4.78, 5) is 31.7. The fourth-order valence-corrected chi connectivity index (χ4v) is 6.22. The SMILES string of the molecule is COc1nc(Nc2nccc(-c3ccc(OC4CCN(C(=O)[C@H](O)C(F)F)CC4)c(C#N)c3)n2)ccc1N1CCN(C2COC2)C[C@@H]1C. The summed E-state index contributed by atoms with van der Waals surface area (Å²) in [5.41, 5.74) is 2.47. The maximum atomic E-state index is 12.7. The van der Waals surface area contributed by atoms with Gasteiger partial charge in [0.15, 0.2) is 6.10 Å². The Kier molecular flexibility index (Phi) is 10.1. The van der Waals surface area contributed by atoms with Crippen molar-refractivity contribution in [3.05, 3.63) is 48.2 Å². The van der Waals surface area contributed by atoms with Gasteiger partial charge in [-0.2, -0.15) is 10.2 Å². The van der Waals surface area contributed by atoms with Crippen LogP contribution < -0.4 is 19.7 Å². The highest BCUT2D eigenvalue weighted by molar-refractivity contribution is 5.81. The second kappa shape index (κ2) is 14.6. The molecule has 3 saturated heterocycles. The molecule has 48 heavy (non-hydrogen) atoms. The van der Waals surface area contributed by atoms with Crippen LogP contribution in [0.25, 0.3) is 11.3 Å². The summed E-state index contributed by atoms with van der Waals surface area (Å²) in [6.07, 6.45) is -3.42. The normalized spacial score (nSPS) is 19.8. The number of nitriles is 1. The average Bonchev–Trinajstić information content (AvgIpc) is 3.07. The van der Waals surface area contributed by atoms with Gasteiger partial charge in [0.2, 0.25) is 11.8 Å². The Balaban J connectivity index is 1.09. The number of piperidine rings is 1. The van der Waals surface area contributed by atoms with Gasteiger partial charge >= 0.3 is 0 Å². The molecule has 1 amide bonds. The lowest BCUT2D eigenvalue weighted by Crippen LogP contribution is -2.59. The molecule has 0 aliphatic carbocycles. The Morgan fingerprint density at radius 3 is 2.58 bits per heavy atom. The molecule has 3 fully saturated rings. The van der Waals surface area contributed by atoms with Gasteiger partial charge in [0.1, 0.15) is 29.4 Å². The molecule has 3 aliphatic heterocycles. The molecule has 3 aromatic rings. The molecule has 5 heterocycles. The zero-order valence-electron chi connectivity index (χ0n) is 26.8. The van der Waals surface area contributed by atoms with Gasteiger partial charge in [0.25, 0.3) is 12.3 Å². The van der Waals surface area contributed by atoms with Crippen molar-refractivity contribution in [1.82, 2.24) is 24.8 Å². The van der Waals surface area contributed by atoms with Gasteiger partial charge in [0.05, 0.1) is 37.6 Å². The number of amides is 1. The molecule has 0 bridgehead atoms. The number of pyridine rings is 1. The summed E-state index contributed by atoms with van der Waals surface area (Å²) in [6.45, 7) is 6.88. The van der Waals surface area contributed by atoms with Crippen molar-refractivity contribution in [3.63, 3.8) is 0 Å². The van der Waals surface area contributed by atoms with Gasteiger partial charge in [-0.05, 0) is 43.3 Å². The third-order valence-electron chi connectivity index (χ3n) is 8.97. The van der Waals surface area contributed by atoms with Crippen LogP contribution in [-0.4, -0.2) is 120 Å². The molecular formula is C33H38F2N8O5. The number of hydrogen-bond donors (Lipinski definition) is 2. The number of aliphatic hydroxyl groups excluding tert-OH is 1. The molecule has 2 N–H and O–H groups in total. The minimum Gasteiger partial charge on any atom is -0.489 e. The highest BCUT2D eigenvalue weighted by Gasteiger charge is 2.34. The molecule has 0 unspecified atom stereocenters. The number of carbonyl (C=O) groups is 1. The van der Waals surface area contributed by atoms with E-state index < -0.39 is 18.4 Å². The first-order valence-electron chi connectivity index (χ1n) is 15.9. The average molecular weight is 665 g/mol. The fraction of sp³-hybridized carbons (Fsp3) is 0.485. The van der Waals surface area contributed by atoms with E-state index in [9.17, 15) is 23.9 Å². The number of nitrogens with zero attached hydrogens (tertiary/aromatic N) is 7. The highest BCUT2D eigenvalue weighted by Crippen LogP contribution is 2.33. The van der Waals surface area contributed by atoms with Crippen LogP contribution in [0, 0.1) is 11.3 Å². The summed E-state index contributed by atoms with van der Waals surface area (Å²) >= 11 is 0. The van der Waals surface area contributed by atoms with E-state index in [2.05, 4.69) is 43.1 Å². The summed E-state index contributed by atoms with van der Waals surface area (Å²) < 4.78 is 42.6. The van der Waals surface area contributed by atoms with Crippen LogP contribution in [0.4, 0.5) is 26.2 Å². The van der Waals surface area contributed by atoms with Crippen LogP contribution in [0.15, 0.2) is 42.6 Å². The molecule has 3 aliphatic rings. The van der Waals surface area contributed by atoms with Crippen molar-refractivity contribution in [3.8, 4) is 29.0 Å². The number of hydrogen-bond acceptors (Lipinski definition) is 12. The lowest BCUT2D eigenvalue weighted by atomic mass is 10.1. The lowest BCUT2D eigenvalue weighted by molar-refractivity contribution is -0.150. The maximum absolute atomic E-state index is 12.7. The van der Waals surface area contributed by atoms with E-state index in [-0.39, 0.29) is 25.2 Å². The van der Waals surface area contributed by atoms with Crippen LogP contribution >= 0.6 is 0 Å². The second-order valence-corrected chi connectivity index (χ2v) is 12.1. The number of aromatic nitrogens is 3. The second-order valence-electron chi connectivity index (χ2n) is 12.1. The Hall–Kier alpha value is -4.65. The molecule has 0 spiro atoms. The van der Waals surface area contributed by atoms with E-state index in [1.165, 1.54) is 4.90 Å². The van der Waals surface area contributed by atoms with Crippen molar-refractivity contribution >= 4 is 23.4 Å². The number of piperazine rings is 1. The number of anilines is 3. The number of aliphatic hydroxyl groups is 1. The molecule has 1 aromatic carbocycles.